The molecule has 1 rings (SSSR count). The molecular formula is C7H5ClF3NO. The lowest BCUT2D eigenvalue weighted by Crippen LogP contribution is -2.17. The summed E-state index contributed by atoms with van der Waals surface area (Å²) in [6, 6.07) is 5.23. The summed E-state index contributed by atoms with van der Waals surface area (Å²) < 4.78 is 38.7. The van der Waals surface area contributed by atoms with Crippen molar-refractivity contribution in [2.75, 3.05) is 4.84 Å². The minimum Gasteiger partial charge on any atom is -0.406 e. The van der Waals surface area contributed by atoms with E-state index in [1.54, 1.807) is 0 Å². The Balaban J connectivity index is 2.78. The predicted octanol–water partition coefficient (Wildman–Crippen LogP) is 3.15. The second kappa shape index (κ2) is 3.74. The fourth-order valence-electron chi connectivity index (χ4n) is 0.752. The van der Waals surface area contributed by atoms with Gasteiger partial charge in [-0.15, -0.1) is 13.2 Å². The number of ether oxygens (including phenoxy) is 1. The lowest BCUT2D eigenvalue weighted by Gasteiger charge is -2.08. The van der Waals surface area contributed by atoms with Crippen LogP contribution in [0.2, 0.25) is 0 Å². The highest BCUT2D eigenvalue weighted by Gasteiger charge is 2.31. The van der Waals surface area contributed by atoms with Crippen LogP contribution in [0.3, 0.4) is 0 Å². The number of halogens is 4. The Bertz CT molecular complexity index is 289. The molecule has 0 aromatic heterocycles. The van der Waals surface area contributed by atoms with E-state index in [2.05, 4.69) is 9.57 Å². The third-order valence-corrected chi connectivity index (χ3v) is 1.39. The summed E-state index contributed by atoms with van der Waals surface area (Å²) in [6.07, 6.45) is -4.68. The van der Waals surface area contributed by atoms with E-state index in [4.69, 9.17) is 11.8 Å². The van der Waals surface area contributed by atoms with Crippen molar-refractivity contribution in [1.29, 1.82) is 0 Å². The summed E-state index contributed by atoms with van der Waals surface area (Å²) >= 11 is 5.18. The molecule has 0 bridgehead atoms. The van der Waals surface area contributed by atoms with E-state index in [0.29, 0.717) is 5.69 Å². The second-order valence-electron chi connectivity index (χ2n) is 2.17. The summed E-state index contributed by atoms with van der Waals surface area (Å²) in [5.41, 5.74) is 0.336. The first kappa shape index (κ1) is 9.98. The third-order valence-electron chi connectivity index (χ3n) is 1.18. The van der Waals surface area contributed by atoms with Crippen LogP contribution < -0.4 is 9.57 Å². The normalized spacial score (nSPS) is 11.1. The molecule has 0 fully saturated rings. The molecule has 72 valence electrons. The molecular weight excluding hydrogens is 207 g/mol. The van der Waals surface area contributed by atoms with Gasteiger partial charge in [-0.3, -0.25) is 4.84 Å². The van der Waals surface area contributed by atoms with Crippen molar-refractivity contribution in [2.45, 2.75) is 6.36 Å². The van der Waals surface area contributed by atoms with Gasteiger partial charge in [0.15, 0.2) is 0 Å². The first-order chi connectivity index (χ1) is 6.01. The standard InChI is InChI=1S/C7H5ClF3NO/c8-12-5-2-1-3-6(4-5)13-7(9,10)11/h1-4,12H. The van der Waals surface area contributed by atoms with Crippen LogP contribution in [0, 0.1) is 0 Å². The van der Waals surface area contributed by atoms with Crippen molar-refractivity contribution in [1.82, 2.24) is 0 Å². The second-order valence-corrected chi connectivity index (χ2v) is 2.36. The molecule has 13 heavy (non-hydrogen) atoms. The van der Waals surface area contributed by atoms with E-state index in [9.17, 15) is 13.2 Å². The van der Waals surface area contributed by atoms with Crippen molar-refractivity contribution in [3.05, 3.63) is 24.3 Å². The third kappa shape index (κ3) is 3.42. The average Bonchev–Trinajstić information content (AvgIpc) is 2.01. The summed E-state index contributed by atoms with van der Waals surface area (Å²) in [4.78, 5) is 2.18. The van der Waals surface area contributed by atoms with Gasteiger partial charge in [0.2, 0.25) is 0 Å². The number of benzene rings is 1. The fourth-order valence-corrected chi connectivity index (χ4v) is 0.870. The van der Waals surface area contributed by atoms with Crippen LogP contribution in [0.15, 0.2) is 24.3 Å². The molecule has 0 aliphatic rings. The van der Waals surface area contributed by atoms with E-state index in [1.807, 2.05) is 0 Å². The molecule has 0 saturated heterocycles. The van der Waals surface area contributed by atoms with Crippen molar-refractivity contribution < 1.29 is 17.9 Å². The highest BCUT2D eigenvalue weighted by Crippen LogP contribution is 2.24. The number of rotatable bonds is 2. The summed E-state index contributed by atoms with van der Waals surface area (Å²) in [6.45, 7) is 0. The van der Waals surface area contributed by atoms with Crippen molar-refractivity contribution in [2.24, 2.45) is 0 Å². The average molecular weight is 212 g/mol. The predicted molar refractivity (Wildman–Crippen MR) is 42.6 cm³/mol. The fraction of sp³-hybridized carbons (Fsp3) is 0.143. The van der Waals surface area contributed by atoms with Crippen molar-refractivity contribution in [3.63, 3.8) is 0 Å². The first-order valence-corrected chi connectivity index (χ1v) is 3.61. The Morgan fingerprint density at radius 2 is 2.00 bits per heavy atom. The maximum absolute atomic E-state index is 11.7. The van der Waals surface area contributed by atoms with E-state index < -0.39 is 6.36 Å². The summed E-state index contributed by atoms with van der Waals surface area (Å²) in [5, 5.41) is 0. The molecule has 0 spiro atoms. The summed E-state index contributed by atoms with van der Waals surface area (Å²) in [5.74, 6) is -0.307. The van der Waals surface area contributed by atoms with Crippen LogP contribution in [-0.2, 0) is 0 Å². The van der Waals surface area contributed by atoms with E-state index in [0.717, 1.165) is 6.07 Å². The Kier molecular flexibility index (Phi) is 2.87. The maximum atomic E-state index is 11.7. The number of alkyl halides is 3. The van der Waals surface area contributed by atoms with Gasteiger partial charge in [-0.1, -0.05) is 6.07 Å². The Morgan fingerprint density at radius 3 is 2.54 bits per heavy atom. The highest BCUT2D eigenvalue weighted by atomic mass is 35.5. The quantitative estimate of drug-likeness (QED) is 0.759. The van der Waals surface area contributed by atoms with Crippen LogP contribution in [0.25, 0.3) is 0 Å². The number of nitrogens with one attached hydrogen (secondary N) is 1. The molecule has 6 heteroatoms. The highest BCUT2D eigenvalue weighted by molar-refractivity contribution is 6.23. The van der Waals surface area contributed by atoms with Gasteiger partial charge in [-0.2, -0.15) is 0 Å². The van der Waals surface area contributed by atoms with Gasteiger partial charge in [0.25, 0.3) is 0 Å². The maximum Gasteiger partial charge on any atom is 0.573 e. The lowest BCUT2D eigenvalue weighted by atomic mass is 10.3. The monoisotopic (exact) mass is 211 g/mol. The molecule has 1 aromatic rings. The van der Waals surface area contributed by atoms with Gasteiger partial charge >= 0.3 is 6.36 Å². The van der Waals surface area contributed by atoms with Gasteiger partial charge < -0.3 is 4.74 Å². The zero-order valence-corrected chi connectivity index (χ0v) is 6.99. The topological polar surface area (TPSA) is 21.3 Å². The van der Waals surface area contributed by atoms with Crippen LogP contribution in [-0.4, -0.2) is 6.36 Å². The molecule has 0 saturated carbocycles. The lowest BCUT2D eigenvalue weighted by molar-refractivity contribution is -0.274. The number of hydrogen-bond acceptors (Lipinski definition) is 2. The minimum atomic E-state index is -4.68. The minimum absolute atomic E-state index is 0.307. The van der Waals surface area contributed by atoms with Gasteiger partial charge in [0.1, 0.15) is 5.75 Å². The number of hydrogen-bond donors (Lipinski definition) is 1. The molecule has 0 aliphatic carbocycles. The molecule has 1 aromatic carbocycles. The van der Waals surface area contributed by atoms with Crippen molar-refractivity contribution in [3.8, 4) is 5.75 Å². The van der Waals surface area contributed by atoms with Crippen LogP contribution in [0.4, 0.5) is 18.9 Å². The Hall–Kier alpha value is -1.10. The van der Waals surface area contributed by atoms with E-state index >= 15 is 0 Å². The molecule has 1 N–H and O–H groups in total. The Morgan fingerprint density at radius 1 is 1.31 bits per heavy atom. The molecule has 2 nitrogen and oxygen atoms in total. The number of anilines is 1. The zero-order valence-electron chi connectivity index (χ0n) is 6.23. The van der Waals surface area contributed by atoms with Gasteiger partial charge in [-0.05, 0) is 12.1 Å². The van der Waals surface area contributed by atoms with Crippen LogP contribution >= 0.6 is 11.8 Å². The SMILES string of the molecule is FC(F)(F)Oc1cccc(NCl)c1. The molecule has 0 aliphatic heterocycles. The largest absolute Gasteiger partial charge is 0.573 e. The summed E-state index contributed by atoms with van der Waals surface area (Å²) in [7, 11) is 0. The smallest absolute Gasteiger partial charge is 0.406 e. The van der Waals surface area contributed by atoms with Gasteiger partial charge in [0, 0.05) is 17.8 Å². The first-order valence-electron chi connectivity index (χ1n) is 3.24. The van der Waals surface area contributed by atoms with Crippen molar-refractivity contribution >= 4 is 17.5 Å². The van der Waals surface area contributed by atoms with Gasteiger partial charge in [-0.25, -0.2) is 0 Å². The Labute approximate surface area is 77.4 Å². The molecule has 0 radical (unpaired) electrons. The van der Waals surface area contributed by atoms with Crippen LogP contribution in [0.5, 0.6) is 5.75 Å². The molecule has 0 unspecified atom stereocenters. The van der Waals surface area contributed by atoms with E-state index in [-0.39, 0.29) is 5.75 Å². The van der Waals surface area contributed by atoms with Gasteiger partial charge in [0.05, 0.1) is 5.69 Å². The van der Waals surface area contributed by atoms with E-state index in [1.165, 1.54) is 18.2 Å². The molecule has 0 amide bonds. The molecule has 0 atom stereocenters. The molecule has 0 heterocycles. The zero-order chi connectivity index (χ0) is 9.90. The van der Waals surface area contributed by atoms with Crippen LogP contribution in [0.1, 0.15) is 0 Å².